The Morgan fingerprint density at radius 2 is 1.56 bits per heavy atom. The summed E-state index contributed by atoms with van der Waals surface area (Å²) in [4.78, 5) is 4.27. The van der Waals surface area contributed by atoms with Crippen molar-refractivity contribution >= 4 is 0 Å². The summed E-state index contributed by atoms with van der Waals surface area (Å²) in [6, 6.07) is 19.0. The lowest BCUT2D eigenvalue weighted by Crippen LogP contribution is -2.29. The summed E-state index contributed by atoms with van der Waals surface area (Å²) in [6.07, 6.45) is 6.72. The number of rotatable bonds is 5. The van der Waals surface area contributed by atoms with Gasteiger partial charge in [-0.15, -0.1) is 0 Å². The van der Waals surface area contributed by atoms with Crippen LogP contribution in [0.1, 0.15) is 36.1 Å². The summed E-state index contributed by atoms with van der Waals surface area (Å²) in [5.74, 6) is 0. The molecule has 0 bridgehead atoms. The van der Waals surface area contributed by atoms with E-state index in [-0.39, 0.29) is 0 Å². The van der Waals surface area contributed by atoms with Crippen LogP contribution in [0.25, 0.3) is 5.69 Å². The first-order chi connectivity index (χ1) is 12.4. The van der Waals surface area contributed by atoms with E-state index in [0.29, 0.717) is 0 Å². The van der Waals surface area contributed by atoms with Crippen molar-refractivity contribution in [1.82, 2.24) is 19.9 Å². The van der Waals surface area contributed by atoms with Crippen LogP contribution in [0.3, 0.4) is 0 Å². The lowest BCUT2D eigenvalue weighted by Gasteiger charge is -2.26. The second-order valence-corrected chi connectivity index (χ2v) is 6.79. The Labute approximate surface area is 149 Å². The van der Waals surface area contributed by atoms with Crippen LogP contribution in [-0.4, -0.2) is 33.0 Å². The lowest BCUT2D eigenvalue weighted by atomic mass is 10.1. The van der Waals surface area contributed by atoms with Gasteiger partial charge in [-0.25, -0.2) is 0 Å². The third kappa shape index (κ3) is 4.15. The first kappa shape index (κ1) is 16.0. The summed E-state index contributed by atoms with van der Waals surface area (Å²) in [7, 11) is 0. The fourth-order valence-corrected chi connectivity index (χ4v) is 3.42. The van der Waals surface area contributed by atoms with Gasteiger partial charge in [0.15, 0.2) is 0 Å². The van der Waals surface area contributed by atoms with E-state index >= 15 is 0 Å². The number of piperidine rings is 1. The summed E-state index contributed by atoms with van der Waals surface area (Å²) in [6.45, 7) is 3.50. The van der Waals surface area contributed by atoms with Crippen LogP contribution in [-0.2, 0) is 13.0 Å². The van der Waals surface area contributed by atoms with Gasteiger partial charge in [-0.1, -0.05) is 48.9 Å². The Hall–Kier alpha value is -2.46. The van der Waals surface area contributed by atoms with Crippen molar-refractivity contribution in [3.63, 3.8) is 0 Å². The molecule has 0 spiro atoms. The van der Waals surface area contributed by atoms with Crippen molar-refractivity contribution in [2.75, 3.05) is 13.1 Å². The predicted octanol–water partition coefficient (Wildman–Crippen LogP) is 3.84. The smallest absolute Gasteiger partial charge is 0.0875 e. The molecule has 1 aromatic heterocycles. The number of nitrogens with zero attached hydrogens (tertiary/aromatic N) is 4. The van der Waals surface area contributed by atoms with Gasteiger partial charge in [0, 0.05) is 13.0 Å². The molecular weight excluding hydrogens is 308 g/mol. The fraction of sp³-hybridized carbons (Fsp3) is 0.333. The number of hydrogen-bond acceptors (Lipinski definition) is 3. The van der Waals surface area contributed by atoms with Crippen LogP contribution in [0.15, 0.2) is 60.8 Å². The molecule has 0 amide bonds. The number of aromatic nitrogens is 3. The van der Waals surface area contributed by atoms with Gasteiger partial charge in [-0.3, -0.25) is 4.90 Å². The molecule has 4 rings (SSSR count). The molecule has 1 saturated heterocycles. The normalized spacial score (nSPS) is 15.4. The van der Waals surface area contributed by atoms with Gasteiger partial charge in [-0.05, 0) is 49.2 Å². The number of hydrogen-bond donors (Lipinski definition) is 0. The van der Waals surface area contributed by atoms with Crippen molar-refractivity contribution in [2.45, 2.75) is 32.2 Å². The van der Waals surface area contributed by atoms with E-state index in [1.165, 1.54) is 43.5 Å². The van der Waals surface area contributed by atoms with Crippen molar-refractivity contribution < 1.29 is 0 Å². The first-order valence-corrected chi connectivity index (χ1v) is 9.14. The van der Waals surface area contributed by atoms with Gasteiger partial charge in [0.2, 0.25) is 0 Å². The molecule has 0 atom stereocenters. The third-order valence-corrected chi connectivity index (χ3v) is 4.79. The highest BCUT2D eigenvalue weighted by Gasteiger charge is 2.10. The summed E-state index contributed by atoms with van der Waals surface area (Å²) in [5, 5.41) is 9.04. The van der Waals surface area contributed by atoms with E-state index in [2.05, 4.69) is 63.6 Å². The summed E-state index contributed by atoms with van der Waals surface area (Å²) < 4.78 is 0. The molecule has 0 unspecified atom stereocenters. The zero-order valence-corrected chi connectivity index (χ0v) is 14.5. The van der Waals surface area contributed by atoms with Crippen LogP contribution < -0.4 is 0 Å². The molecule has 0 saturated carbocycles. The molecule has 0 radical (unpaired) electrons. The summed E-state index contributed by atoms with van der Waals surface area (Å²) in [5.41, 5.74) is 4.62. The quantitative estimate of drug-likeness (QED) is 0.712. The van der Waals surface area contributed by atoms with E-state index in [0.717, 1.165) is 24.3 Å². The van der Waals surface area contributed by atoms with Crippen LogP contribution >= 0.6 is 0 Å². The maximum absolute atomic E-state index is 4.62. The Bertz CT molecular complexity index is 786. The number of benzene rings is 2. The van der Waals surface area contributed by atoms with Crippen molar-refractivity contribution in [3.8, 4) is 5.69 Å². The van der Waals surface area contributed by atoms with Crippen molar-refractivity contribution in [1.29, 1.82) is 0 Å². The molecule has 4 nitrogen and oxygen atoms in total. The van der Waals surface area contributed by atoms with Crippen LogP contribution in [0.5, 0.6) is 0 Å². The molecule has 0 N–H and O–H groups in total. The van der Waals surface area contributed by atoms with E-state index in [1.54, 1.807) is 4.80 Å². The zero-order valence-electron chi connectivity index (χ0n) is 14.5. The van der Waals surface area contributed by atoms with Gasteiger partial charge in [0.25, 0.3) is 0 Å². The maximum atomic E-state index is 4.62. The second kappa shape index (κ2) is 7.62. The van der Waals surface area contributed by atoms with E-state index in [1.807, 2.05) is 12.3 Å². The zero-order chi connectivity index (χ0) is 16.9. The molecule has 1 fully saturated rings. The highest BCUT2D eigenvalue weighted by Crippen LogP contribution is 2.15. The average molecular weight is 332 g/mol. The van der Waals surface area contributed by atoms with Crippen LogP contribution in [0.2, 0.25) is 0 Å². The van der Waals surface area contributed by atoms with Crippen molar-refractivity contribution in [3.05, 3.63) is 77.6 Å². The van der Waals surface area contributed by atoms with E-state index < -0.39 is 0 Å². The largest absolute Gasteiger partial charge is 0.299 e. The van der Waals surface area contributed by atoms with Crippen LogP contribution in [0, 0.1) is 0 Å². The molecule has 3 aromatic rings. The van der Waals surface area contributed by atoms with Gasteiger partial charge in [0.1, 0.15) is 0 Å². The molecule has 1 aliphatic rings. The second-order valence-electron chi connectivity index (χ2n) is 6.79. The summed E-state index contributed by atoms with van der Waals surface area (Å²) >= 11 is 0. The molecule has 25 heavy (non-hydrogen) atoms. The molecule has 2 heterocycles. The minimum atomic E-state index is 0.813. The Balaban J connectivity index is 1.41. The standard InChI is InChI=1S/C21H24N4/c1-3-7-18(8-4-1)15-20-16-22-25(23-20)21-11-9-19(10-12-21)17-24-13-5-2-6-14-24/h1,3-4,7-12,16H,2,5-6,13-15,17H2. The molecule has 0 aliphatic carbocycles. The maximum Gasteiger partial charge on any atom is 0.0875 e. The molecule has 2 aromatic carbocycles. The minimum absolute atomic E-state index is 0.813. The SMILES string of the molecule is c1ccc(Cc2cnn(-c3ccc(CN4CCCCC4)cc3)n2)cc1. The highest BCUT2D eigenvalue weighted by molar-refractivity contribution is 5.33. The molecule has 1 aliphatic heterocycles. The first-order valence-electron chi connectivity index (χ1n) is 9.14. The fourth-order valence-electron chi connectivity index (χ4n) is 3.42. The predicted molar refractivity (Wildman–Crippen MR) is 99.7 cm³/mol. The van der Waals surface area contributed by atoms with Crippen molar-refractivity contribution in [2.24, 2.45) is 0 Å². The monoisotopic (exact) mass is 332 g/mol. The lowest BCUT2D eigenvalue weighted by molar-refractivity contribution is 0.221. The van der Waals surface area contributed by atoms with Gasteiger partial charge in [0.05, 0.1) is 17.6 Å². The van der Waals surface area contributed by atoms with Gasteiger partial charge >= 0.3 is 0 Å². The Kier molecular flexibility index (Phi) is 4.89. The third-order valence-electron chi connectivity index (χ3n) is 4.79. The van der Waals surface area contributed by atoms with Crippen LogP contribution in [0.4, 0.5) is 0 Å². The van der Waals surface area contributed by atoms with E-state index in [4.69, 9.17) is 0 Å². The van der Waals surface area contributed by atoms with Gasteiger partial charge < -0.3 is 0 Å². The number of likely N-dealkylation sites (tertiary alicyclic amines) is 1. The molecule has 4 heteroatoms. The van der Waals surface area contributed by atoms with E-state index in [9.17, 15) is 0 Å². The van der Waals surface area contributed by atoms with Gasteiger partial charge in [-0.2, -0.15) is 15.0 Å². The molecule has 128 valence electrons. The Morgan fingerprint density at radius 1 is 0.800 bits per heavy atom. The Morgan fingerprint density at radius 3 is 2.32 bits per heavy atom. The average Bonchev–Trinajstić information content (AvgIpc) is 3.12. The topological polar surface area (TPSA) is 34.0 Å². The molecular formula is C21H24N4. The minimum Gasteiger partial charge on any atom is -0.299 e. The highest BCUT2D eigenvalue weighted by atomic mass is 15.5.